The molecule has 1 aliphatic heterocycles. The fourth-order valence-electron chi connectivity index (χ4n) is 2.55. The summed E-state index contributed by atoms with van der Waals surface area (Å²) in [5, 5.41) is 3.33. The van der Waals surface area contributed by atoms with Crippen LogP contribution in [-0.4, -0.2) is 55.2 Å². The van der Waals surface area contributed by atoms with Gasteiger partial charge in [-0.15, -0.1) is 0 Å². The fraction of sp³-hybridized carbons (Fsp3) is 0.500. The Morgan fingerprint density at radius 2 is 2.38 bits per heavy atom. The van der Waals surface area contributed by atoms with Crippen molar-refractivity contribution in [2.45, 2.75) is 6.42 Å². The minimum absolute atomic E-state index is 0.183. The van der Waals surface area contributed by atoms with E-state index < -0.39 is 0 Å². The van der Waals surface area contributed by atoms with Crippen LogP contribution in [-0.2, 0) is 11.8 Å². The second kappa shape index (κ2) is 9.00. The normalized spacial score (nSPS) is 18.0. The molecule has 0 radical (unpaired) electrons. The Hall–Kier alpha value is -1.64. The number of methoxy groups -OCH3 is 1. The number of nitrogens with one attached hydrogen (secondary N) is 1. The second-order valence-electron chi connectivity index (χ2n) is 5.72. The summed E-state index contributed by atoms with van der Waals surface area (Å²) in [5.74, 6) is 0.312. The summed E-state index contributed by atoms with van der Waals surface area (Å²) in [5.41, 5.74) is 7.14. The number of halogens is 1. The molecule has 0 atom stereocenters. The Bertz CT molecular complexity index is 684. The van der Waals surface area contributed by atoms with Crippen molar-refractivity contribution in [2.24, 2.45) is 17.8 Å². The number of aromatic nitrogens is 1. The van der Waals surface area contributed by atoms with Crippen LogP contribution in [0.5, 0.6) is 0 Å². The predicted octanol–water partition coefficient (Wildman–Crippen LogP) is 0.962. The molecule has 0 saturated carbocycles. The van der Waals surface area contributed by atoms with Crippen LogP contribution < -0.4 is 16.6 Å². The molecular weight excluding hydrogens is 374 g/mol. The number of hydrogen-bond donors (Lipinski definition) is 2. The molecule has 24 heavy (non-hydrogen) atoms. The maximum atomic E-state index is 12.1. The van der Waals surface area contributed by atoms with Crippen LogP contribution >= 0.6 is 15.9 Å². The molecule has 1 fully saturated rings. The van der Waals surface area contributed by atoms with Crippen LogP contribution in [0.3, 0.4) is 0 Å². The summed E-state index contributed by atoms with van der Waals surface area (Å²) >= 11 is 3.36. The van der Waals surface area contributed by atoms with Crippen molar-refractivity contribution in [3.05, 3.63) is 38.9 Å². The molecule has 1 aromatic heterocycles. The lowest BCUT2D eigenvalue weighted by Crippen LogP contribution is -2.43. The summed E-state index contributed by atoms with van der Waals surface area (Å²) in [7, 11) is 3.40. The number of nitrogens with zero attached hydrogens (tertiary/aromatic N) is 3. The lowest BCUT2D eigenvalue weighted by Gasteiger charge is -2.29. The summed E-state index contributed by atoms with van der Waals surface area (Å²) < 4.78 is 7.34. The average Bonchev–Trinajstić information content (AvgIpc) is 2.52. The van der Waals surface area contributed by atoms with E-state index in [4.69, 9.17) is 10.5 Å². The van der Waals surface area contributed by atoms with E-state index in [-0.39, 0.29) is 5.56 Å². The SMILES string of the molecule is COCCCN1CCN/C(=C\C(N)=Nc2cc(Br)cn(C)c2=O)C1. The van der Waals surface area contributed by atoms with Crippen molar-refractivity contribution < 1.29 is 4.74 Å². The first-order chi connectivity index (χ1) is 11.5. The molecule has 0 aromatic carbocycles. The molecule has 0 amide bonds. The minimum atomic E-state index is -0.183. The molecule has 7 nitrogen and oxygen atoms in total. The van der Waals surface area contributed by atoms with Crippen LogP contribution in [0, 0.1) is 0 Å². The molecule has 8 heteroatoms. The molecule has 0 aliphatic carbocycles. The van der Waals surface area contributed by atoms with Gasteiger partial charge in [-0.1, -0.05) is 0 Å². The Morgan fingerprint density at radius 3 is 3.12 bits per heavy atom. The molecule has 132 valence electrons. The lowest BCUT2D eigenvalue weighted by atomic mass is 10.2. The van der Waals surface area contributed by atoms with Crippen LogP contribution in [0.4, 0.5) is 5.69 Å². The highest BCUT2D eigenvalue weighted by atomic mass is 79.9. The first-order valence-electron chi connectivity index (χ1n) is 7.85. The van der Waals surface area contributed by atoms with Crippen molar-refractivity contribution in [3.63, 3.8) is 0 Å². The van der Waals surface area contributed by atoms with Gasteiger partial charge in [0.05, 0.1) is 0 Å². The van der Waals surface area contributed by atoms with Gasteiger partial charge in [-0.3, -0.25) is 9.69 Å². The highest BCUT2D eigenvalue weighted by molar-refractivity contribution is 9.10. The maximum absolute atomic E-state index is 12.1. The number of nitrogens with two attached hydrogens (primary N) is 1. The molecule has 2 rings (SSSR count). The van der Waals surface area contributed by atoms with Crippen molar-refractivity contribution in [3.8, 4) is 0 Å². The Labute approximate surface area is 150 Å². The van der Waals surface area contributed by atoms with E-state index >= 15 is 0 Å². The summed E-state index contributed by atoms with van der Waals surface area (Å²) in [6.45, 7) is 4.39. The zero-order valence-electron chi connectivity index (χ0n) is 14.1. The number of piperazine rings is 1. The number of aryl methyl sites for hydroxylation is 1. The van der Waals surface area contributed by atoms with E-state index in [0.29, 0.717) is 11.5 Å². The Morgan fingerprint density at radius 1 is 1.58 bits per heavy atom. The van der Waals surface area contributed by atoms with Crippen molar-refractivity contribution >= 4 is 27.5 Å². The standard InChI is InChI=1S/C16H24BrN5O2/c1-21-10-12(17)8-14(16(21)23)20-15(18)9-13-11-22(6-4-19-13)5-3-7-24-2/h8-10,19H,3-7,11H2,1-2H3,(H2,18,20)/b13-9-. The van der Waals surface area contributed by atoms with Gasteiger partial charge in [0.2, 0.25) is 0 Å². The van der Waals surface area contributed by atoms with Gasteiger partial charge in [0.15, 0.2) is 0 Å². The van der Waals surface area contributed by atoms with E-state index in [1.165, 1.54) is 4.57 Å². The molecule has 0 spiro atoms. The van der Waals surface area contributed by atoms with Crippen molar-refractivity contribution in [1.82, 2.24) is 14.8 Å². The molecular formula is C16H24BrN5O2. The summed E-state index contributed by atoms with van der Waals surface area (Å²) in [6, 6.07) is 1.67. The maximum Gasteiger partial charge on any atom is 0.276 e. The number of pyridine rings is 1. The van der Waals surface area contributed by atoms with Gasteiger partial charge < -0.3 is 20.4 Å². The lowest BCUT2D eigenvalue weighted by molar-refractivity contribution is 0.171. The van der Waals surface area contributed by atoms with Gasteiger partial charge >= 0.3 is 0 Å². The number of rotatable bonds is 6. The molecule has 0 bridgehead atoms. The van der Waals surface area contributed by atoms with Gasteiger partial charge in [0, 0.05) is 69.4 Å². The first kappa shape index (κ1) is 18.7. The summed E-state index contributed by atoms with van der Waals surface area (Å²) in [4.78, 5) is 18.7. The highest BCUT2D eigenvalue weighted by Gasteiger charge is 2.13. The molecule has 0 unspecified atom stereocenters. The van der Waals surface area contributed by atoms with Crippen LogP contribution in [0.15, 0.2) is 38.3 Å². The van der Waals surface area contributed by atoms with E-state index in [0.717, 1.165) is 49.4 Å². The van der Waals surface area contributed by atoms with Gasteiger partial charge in [0.1, 0.15) is 11.5 Å². The van der Waals surface area contributed by atoms with E-state index in [1.54, 1.807) is 32.5 Å². The van der Waals surface area contributed by atoms with Crippen LogP contribution in [0.2, 0.25) is 0 Å². The molecule has 2 heterocycles. The number of hydrogen-bond acceptors (Lipinski definition) is 5. The Balaban J connectivity index is 2.08. The third-order valence-electron chi connectivity index (χ3n) is 3.70. The van der Waals surface area contributed by atoms with E-state index in [2.05, 4.69) is 31.1 Å². The van der Waals surface area contributed by atoms with E-state index in [9.17, 15) is 4.79 Å². The largest absolute Gasteiger partial charge is 0.386 e. The number of aliphatic imine (C=N–C) groups is 1. The topological polar surface area (TPSA) is 84.9 Å². The van der Waals surface area contributed by atoms with Crippen molar-refractivity contribution in [1.29, 1.82) is 0 Å². The monoisotopic (exact) mass is 397 g/mol. The van der Waals surface area contributed by atoms with E-state index in [1.807, 2.05) is 0 Å². The van der Waals surface area contributed by atoms with Crippen LogP contribution in [0.1, 0.15) is 6.42 Å². The third kappa shape index (κ3) is 5.47. The van der Waals surface area contributed by atoms with Crippen molar-refractivity contribution in [2.75, 3.05) is 39.9 Å². The fourth-order valence-corrected chi connectivity index (χ4v) is 3.08. The number of ether oxygens (including phenoxy) is 1. The molecule has 3 N–H and O–H groups in total. The van der Waals surface area contributed by atoms with Gasteiger partial charge in [0.25, 0.3) is 5.56 Å². The zero-order chi connectivity index (χ0) is 17.5. The molecule has 1 saturated heterocycles. The highest BCUT2D eigenvalue weighted by Crippen LogP contribution is 2.14. The van der Waals surface area contributed by atoms with Gasteiger partial charge in [-0.2, -0.15) is 0 Å². The predicted molar refractivity (Wildman–Crippen MR) is 99.7 cm³/mol. The minimum Gasteiger partial charge on any atom is -0.386 e. The molecule has 1 aliphatic rings. The smallest absolute Gasteiger partial charge is 0.276 e. The quantitative estimate of drug-likeness (QED) is 0.424. The van der Waals surface area contributed by atoms with Gasteiger partial charge in [-0.25, -0.2) is 4.99 Å². The third-order valence-corrected chi connectivity index (χ3v) is 4.13. The average molecular weight is 398 g/mol. The molecule has 1 aromatic rings. The zero-order valence-corrected chi connectivity index (χ0v) is 15.7. The number of amidine groups is 1. The summed E-state index contributed by atoms with van der Waals surface area (Å²) in [6.07, 6.45) is 4.49. The first-order valence-corrected chi connectivity index (χ1v) is 8.65. The second-order valence-corrected chi connectivity index (χ2v) is 6.63. The van der Waals surface area contributed by atoms with Gasteiger partial charge in [-0.05, 0) is 28.4 Å². The Kier molecular flexibility index (Phi) is 7.01. The van der Waals surface area contributed by atoms with Crippen LogP contribution in [0.25, 0.3) is 0 Å².